The van der Waals surface area contributed by atoms with Crippen LogP contribution < -0.4 is 0 Å². The average molecular weight is 286 g/mol. The van der Waals surface area contributed by atoms with Gasteiger partial charge < -0.3 is 0 Å². The Morgan fingerprint density at radius 1 is 0.952 bits per heavy atom. The fourth-order valence-electron chi connectivity index (χ4n) is 2.14. The second-order valence-corrected chi connectivity index (χ2v) is 5.09. The monoisotopic (exact) mass is 286 g/mol. The highest BCUT2D eigenvalue weighted by Crippen LogP contribution is 2.18. The van der Waals surface area contributed by atoms with Crippen LogP contribution in [0.15, 0.2) is 36.4 Å². The van der Waals surface area contributed by atoms with Crippen molar-refractivity contribution in [3.05, 3.63) is 75.9 Å². The van der Waals surface area contributed by atoms with Gasteiger partial charge in [-0.1, -0.05) is 24.3 Å². The third-order valence-corrected chi connectivity index (χ3v) is 3.51. The molecule has 0 atom stereocenters. The minimum atomic E-state index is -0.846. The highest BCUT2D eigenvalue weighted by Gasteiger charge is 2.14. The molecule has 0 fully saturated rings. The highest BCUT2D eigenvalue weighted by atomic mass is 19.1. The molecule has 21 heavy (non-hydrogen) atoms. The van der Waals surface area contributed by atoms with Crippen molar-refractivity contribution in [3.8, 4) is 0 Å². The zero-order chi connectivity index (χ0) is 15.6. The summed E-state index contributed by atoms with van der Waals surface area (Å²) < 4.78 is 27.1. The van der Waals surface area contributed by atoms with Gasteiger partial charge in [0.15, 0.2) is 5.78 Å². The molecule has 0 unspecified atom stereocenters. The lowest BCUT2D eigenvalue weighted by atomic mass is 10.00. The molecule has 0 spiro atoms. The molecule has 2 aromatic rings. The fraction of sp³-hybridized carbons (Fsp3) is 0.167. The Kier molecular flexibility index (Phi) is 4.32. The normalized spacial score (nSPS) is 11.1. The summed E-state index contributed by atoms with van der Waals surface area (Å²) in [6.45, 7) is 5.92. The number of benzene rings is 2. The molecule has 0 N–H and O–H groups in total. The van der Waals surface area contributed by atoms with Gasteiger partial charge in [-0.05, 0) is 61.2 Å². The Labute approximate surface area is 122 Å². The van der Waals surface area contributed by atoms with Crippen molar-refractivity contribution in [2.24, 2.45) is 0 Å². The van der Waals surface area contributed by atoms with Gasteiger partial charge in [-0.3, -0.25) is 4.79 Å². The SMILES string of the molecule is Cc1cc(C)c(/C=C/C(=O)c2c(F)cccc2F)cc1C. The molecular weight excluding hydrogens is 270 g/mol. The van der Waals surface area contributed by atoms with Gasteiger partial charge in [-0.2, -0.15) is 0 Å². The van der Waals surface area contributed by atoms with Gasteiger partial charge in [-0.25, -0.2) is 8.78 Å². The average Bonchev–Trinajstić information content (AvgIpc) is 2.41. The molecule has 0 saturated carbocycles. The molecule has 1 nitrogen and oxygen atoms in total. The van der Waals surface area contributed by atoms with Crippen molar-refractivity contribution in [3.63, 3.8) is 0 Å². The maximum absolute atomic E-state index is 13.5. The summed E-state index contributed by atoms with van der Waals surface area (Å²) in [4.78, 5) is 12.0. The smallest absolute Gasteiger partial charge is 0.191 e. The van der Waals surface area contributed by atoms with Gasteiger partial charge >= 0.3 is 0 Å². The Hall–Kier alpha value is -2.29. The van der Waals surface area contributed by atoms with Crippen molar-refractivity contribution in [1.29, 1.82) is 0 Å². The van der Waals surface area contributed by atoms with E-state index >= 15 is 0 Å². The van der Waals surface area contributed by atoms with Crippen molar-refractivity contribution >= 4 is 11.9 Å². The number of rotatable bonds is 3. The largest absolute Gasteiger partial charge is 0.289 e. The van der Waals surface area contributed by atoms with Crippen LogP contribution in [0.3, 0.4) is 0 Å². The van der Waals surface area contributed by atoms with Crippen LogP contribution in [0, 0.1) is 32.4 Å². The minimum Gasteiger partial charge on any atom is -0.289 e. The summed E-state index contributed by atoms with van der Waals surface area (Å²) in [6.07, 6.45) is 2.80. The molecule has 0 amide bonds. The van der Waals surface area contributed by atoms with Crippen molar-refractivity contribution in [2.75, 3.05) is 0 Å². The molecule has 108 valence electrons. The van der Waals surface area contributed by atoms with Gasteiger partial charge in [0.1, 0.15) is 11.6 Å². The third kappa shape index (κ3) is 3.24. The fourth-order valence-corrected chi connectivity index (χ4v) is 2.14. The van der Waals surface area contributed by atoms with E-state index in [1.807, 2.05) is 32.9 Å². The summed E-state index contributed by atoms with van der Waals surface area (Å²) >= 11 is 0. The van der Waals surface area contributed by atoms with Crippen LogP contribution in [-0.4, -0.2) is 5.78 Å². The maximum Gasteiger partial charge on any atom is 0.191 e. The number of carbonyl (C=O) groups excluding carboxylic acids is 1. The summed E-state index contributed by atoms with van der Waals surface area (Å²) in [5.41, 5.74) is 3.62. The molecular formula is C18H16F2O. The molecule has 0 aliphatic carbocycles. The Bertz CT molecular complexity index is 710. The van der Waals surface area contributed by atoms with E-state index in [0.717, 1.165) is 34.4 Å². The molecule has 0 heterocycles. The van der Waals surface area contributed by atoms with E-state index in [-0.39, 0.29) is 0 Å². The molecule has 2 rings (SSSR count). The Morgan fingerprint density at radius 3 is 2.14 bits per heavy atom. The van der Waals surface area contributed by atoms with Gasteiger partial charge in [0, 0.05) is 0 Å². The summed E-state index contributed by atoms with van der Waals surface area (Å²) in [7, 11) is 0. The van der Waals surface area contributed by atoms with E-state index < -0.39 is 23.0 Å². The first-order valence-corrected chi connectivity index (χ1v) is 6.64. The number of hydrogen-bond donors (Lipinski definition) is 0. The lowest BCUT2D eigenvalue weighted by molar-refractivity contribution is 0.104. The number of carbonyl (C=O) groups is 1. The molecule has 0 aromatic heterocycles. The maximum atomic E-state index is 13.5. The quantitative estimate of drug-likeness (QED) is 0.586. The predicted molar refractivity (Wildman–Crippen MR) is 80.4 cm³/mol. The van der Waals surface area contributed by atoms with Crippen LogP contribution in [-0.2, 0) is 0 Å². The number of hydrogen-bond acceptors (Lipinski definition) is 1. The van der Waals surface area contributed by atoms with E-state index in [1.54, 1.807) is 6.08 Å². The summed E-state index contributed by atoms with van der Waals surface area (Å²) in [6, 6.07) is 7.35. The Balaban J connectivity index is 2.34. The lowest BCUT2D eigenvalue weighted by Gasteiger charge is -2.06. The molecule has 3 heteroatoms. The zero-order valence-corrected chi connectivity index (χ0v) is 12.2. The standard InChI is InChI=1S/C18H16F2O/c1-11-9-13(3)14(10-12(11)2)7-8-17(21)18-15(19)5-4-6-16(18)20/h4-10H,1-3H3/b8-7+. The first kappa shape index (κ1) is 15.1. The molecule has 0 aliphatic heterocycles. The molecule has 0 saturated heterocycles. The zero-order valence-electron chi connectivity index (χ0n) is 12.2. The van der Waals surface area contributed by atoms with Crippen LogP contribution in [0.5, 0.6) is 0 Å². The molecule has 2 aromatic carbocycles. The van der Waals surface area contributed by atoms with Crippen molar-refractivity contribution < 1.29 is 13.6 Å². The van der Waals surface area contributed by atoms with Crippen LogP contribution in [0.4, 0.5) is 8.78 Å². The van der Waals surface area contributed by atoms with Crippen molar-refractivity contribution in [1.82, 2.24) is 0 Å². The lowest BCUT2D eigenvalue weighted by Crippen LogP contribution is -2.02. The Morgan fingerprint density at radius 2 is 1.52 bits per heavy atom. The van der Waals surface area contributed by atoms with E-state index in [2.05, 4.69) is 0 Å². The van der Waals surface area contributed by atoms with E-state index in [0.29, 0.717) is 0 Å². The first-order valence-electron chi connectivity index (χ1n) is 6.64. The van der Waals surface area contributed by atoms with Gasteiger partial charge in [0.25, 0.3) is 0 Å². The number of aryl methyl sites for hydroxylation is 3. The summed E-state index contributed by atoms with van der Waals surface area (Å²) in [5, 5.41) is 0. The minimum absolute atomic E-state index is 0.518. The highest BCUT2D eigenvalue weighted by molar-refractivity contribution is 6.07. The van der Waals surface area contributed by atoms with Crippen LogP contribution in [0.2, 0.25) is 0 Å². The van der Waals surface area contributed by atoms with Crippen molar-refractivity contribution in [2.45, 2.75) is 20.8 Å². The van der Waals surface area contributed by atoms with E-state index in [1.165, 1.54) is 12.1 Å². The van der Waals surface area contributed by atoms with Gasteiger partial charge in [0.05, 0.1) is 5.56 Å². The molecule has 0 bridgehead atoms. The number of halogens is 2. The van der Waals surface area contributed by atoms with E-state index in [9.17, 15) is 13.6 Å². The number of allylic oxidation sites excluding steroid dienone is 1. The predicted octanol–water partition coefficient (Wildman–Crippen LogP) is 4.79. The van der Waals surface area contributed by atoms with Crippen LogP contribution >= 0.6 is 0 Å². The third-order valence-electron chi connectivity index (χ3n) is 3.51. The van der Waals surface area contributed by atoms with Gasteiger partial charge in [0.2, 0.25) is 0 Å². The molecule has 0 radical (unpaired) electrons. The second kappa shape index (κ2) is 6.00. The molecule has 0 aliphatic rings. The van der Waals surface area contributed by atoms with Crippen LogP contribution in [0.25, 0.3) is 6.08 Å². The van der Waals surface area contributed by atoms with Crippen LogP contribution in [0.1, 0.15) is 32.6 Å². The van der Waals surface area contributed by atoms with Gasteiger partial charge in [-0.15, -0.1) is 0 Å². The number of ketones is 1. The summed E-state index contributed by atoms with van der Waals surface area (Å²) in [5.74, 6) is -2.37. The second-order valence-electron chi connectivity index (χ2n) is 5.09. The van der Waals surface area contributed by atoms with E-state index in [4.69, 9.17) is 0 Å². The first-order chi connectivity index (χ1) is 9.90. The topological polar surface area (TPSA) is 17.1 Å².